The Kier molecular flexibility index (Phi) is 8.49. The summed E-state index contributed by atoms with van der Waals surface area (Å²) in [6, 6.07) is 3.11. The summed E-state index contributed by atoms with van der Waals surface area (Å²) in [5.41, 5.74) is 6.66. The summed E-state index contributed by atoms with van der Waals surface area (Å²) in [5, 5.41) is 6.27. The van der Waals surface area contributed by atoms with Gasteiger partial charge >= 0.3 is 5.97 Å². The maximum absolute atomic E-state index is 14.0. The van der Waals surface area contributed by atoms with Crippen molar-refractivity contribution in [3.63, 3.8) is 0 Å². The number of aryl methyl sites for hydroxylation is 1. The number of esters is 1. The molecule has 0 bridgehead atoms. The van der Waals surface area contributed by atoms with Crippen molar-refractivity contribution in [1.29, 1.82) is 0 Å². The number of pyridine rings is 1. The second-order valence-corrected chi connectivity index (χ2v) is 10.6. The third-order valence-corrected chi connectivity index (χ3v) is 8.19. The normalized spacial score (nSPS) is 24.5. The number of likely N-dealkylation sites (tertiary alicyclic amines) is 1. The molecule has 9 nitrogen and oxygen atoms in total. The van der Waals surface area contributed by atoms with Crippen LogP contribution in [-0.4, -0.2) is 58.9 Å². The number of nitrogens with one attached hydrogen (secondary N) is 2. The van der Waals surface area contributed by atoms with Gasteiger partial charge in [-0.2, -0.15) is 0 Å². The van der Waals surface area contributed by atoms with E-state index in [1.807, 2.05) is 17.9 Å². The molecule has 1 aromatic rings. The second-order valence-electron chi connectivity index (χ2n) is 10.6. The monoisotopic (exact) mass is 499 g/mol. The van der Waals surface area contributed by atoms with Crippen molar-refractivity contribution in [2.24, 2.45) is 11.8 Å². The van der Waals surface area contributed by atoms with Crippen LogP contribution in [0.15, 0.2) is 12.1 Å². The highest BCUT2D eigenvalue weighted by Gasteiger charge is 2.66. The van der Waals surface area contributed by atoms with Crippen molar-refractivity contribution < 1.29 is 19.1 Å². The quantitative estimate of drug-likeness (QED) is 0.422. The van der Waals surface area contributed by atoms with Gasteiger partial charge in [0.1, 0.15) is 11.4 Å². The van der Waals surface area contributed by atoms with Crippen molar-refractivity contribution in [3.8, 4) is 0 Å². The molecule has 36 heavy (non-hydrogen) atoms. The number of nitrogens with two attached hydrogens (primary N) is 1. The molecule has 2 aliphatic carbocycles. The Hall–Kier alpha value is -2.68. The molecule has 1 aromatic heterocycles. The number of fused-ring (bicyclic) bond motifs is 1. The number of ether oxygens (including phenoxy) is 1. The first kappa shape index (κ1) is 26.4. The Balaban J connectivity index is 1.47. The lowest BCUT2D eigenvalue weighted by Gasteiger charge is -2.38. The van der Waals surface area contributed by atoms with E-state index in [0.717, 1.165) is 36.9 Å². The Morgan fingerprint density at radius 3 is 2.69 bits per heavy atom. The van der Waals surface area contributed by atoms with Crippen LogP contribution < -0.4 is 16.4 Å². The zero-order chi connectivity index (χ0) is 25.7. The van der Waals surface area contributed by atoms with E-state index in [1.165, 1.54) is 19.3 Å². The van der Waals surface area contributed by atoms with Crippen LogP contribution in [0.1, 0.15) is 76.0 Å². The molecule has 4 N–H and O–H groups in total. The predicted octanol–water partition coefficient (Wildman–Crippen LogP) is 2.46. The second kappa shape index (κ2) is 11.6. The number of hydrogen-bond donors (Lipinski definition) is 3. The first-order valence-electron chi connectivity index (χ1n) is 13.6. The SMILES string of the molecule is CCOC(=O)CN[C@H](CC1CCCCC1)C(=O)N1CCC[C@@H]2C[C@@]21C(=O)NCc1ccc(N)nc1C. The van der Waals surface area contributed by atoms with E-state index >= 15 is 0 Å². The van der Waals surface area contributed by atoms with E-state index in [1.54, 1.807) is 13.0 Å². The van der Waals surface area contributed by atoms with Gasteiger partial charge in [0.25, 0.3) is 0 Å². The zero-order valence-electron chi connectivity index (χ0n) is 21.7. The molecule has 3 fully saturated rings. The number of aromatic nitrogens is 1. The molecule has 0 aromatic carbocycles. The van der Waals surface area contributed by atoms with Crippen LogP contribution in [0.2, 0.25) is 0 Å². The van der Waals surface area contributed by atoms with Crippen LogP contribution >= 0.6 is 0 Å². The summed E-state index contributed by atoms with van der Waals surface area (Å²) in [6.07, 6.45) is 9.03. The van der Waals surface area contributed by atoms with Crippen molar-refractivity contribution in [1.82, 2.24) is 20.5 Å². The summed E-state index contributed by atoms with van der Waals surface area (Å²) in [4.78, 5) is 45.7. The molecule has 0 spiro atoms. The highest BCUT2D eigenvalue weighted by molar-refractivity contribution is 5.96. The topological polar surface area (TPSA) is 127 Å². The Labute approximate surface area is 213 Å². The summed E-state index contributed by atoms with van der Waals surface area (Å²) in [6.45, 7) is 4.86. The number of rotatable bonds is 10. The van der Waals surface area contributed by atoms with Gasteiger partial charge in [-0.05, 0) is 63.0 Å². The fourth-order valence-electron chi connectivity index (χ4n) is 6.15. The standard InChI is InChI=1S/C27H41N5O4/c1-3-36-24(33)17-29-22(14-19-8-5-4-6-9-19)25(34)32-13-7-10-21-15-27(21,32)26(35)30-16-20-11-12-23(28)31-18(20)2/h11-12,19,21-22,29H,3-10,13-17H2,1-2H3,(H2,28,31)(H,30,35)/t21-,22-,27+/m1/s1. The molecular formula is C27H41N5O4. The summed E-state index contributed by atoms with van der Waals surface area (Å²) in [5.74, 6) is 0.564. The van der Waals surface area contributed by atoms with Gasteiger partial charge < -0.3 is 20.7 Å². The number of nitrogens with zero attached hydrogens (tertiary/aromatic N) is 2. The highest BCUT2D eigenvalue weighted by atomic mass is 16.5. The fourth-order valence-corrected chi connectivity index (χ4v) is 6.15. The molecule has 1 aliphatic heterocycles. The summed E-state index contributed by atoms with van der Waals surface area (Å²) < 4.78 is 5.08. The molecule has 0 unspecified atom stereocenters. The fraction of sp³-hybridized carbons (Fsp3) is 0.704. The number of nitrogen functional groups attached to an aromatic ring is 1. The smallest absolute Gasteiger partial charge is 0.319 e. The maximum Gasteiger partial charge on any atom is 0.319 e. The molecule has 2 heterocycles. The first-order chi connectivity index (χ1) is 17.3. The molecule has 198 valence electrons. The summed E-state index contributed by atoms with van der Waals surface area (Å²) in [7, 11) is 0. The number of carbonyl (C=O) groups excluding carboxylic acids is 3. The van der Waals surface area contributed by atoms with Crippen LogP contribution in [0.4, 0.5) is 5.82 Å². The maximum atomic E-state index is 14.0. The average molecular weight is 500 g/mol. The predicted molar refractivity (Wildman–Crippen MR) is 137 cm³/mol. The van der Waals surface area contributed by atoms with E-state index in [-0.39, 0.29) is 30.2 Å². The minimum Gasteiger partial charge on any atom is -0.465 e. The minimum atomic E-state index is -0.791. The van der Waals surface area contributed by atoms with Crippen molar-refractivity contribution in [2.45, 2.75) is 89.8 Å². The molecule has 2 saturated carbocycles. The Bertz CT molecular complexity index is 963. The lowest BCUT2D eigenvalue weighted by atomic mass is 9.84. The number of hydrogen-bond acceptors (Lipinski definition) is 7. The van der Waals surface area contributed by atoms with E-state index in [0.29, 0.717) is 44.3 Å². The van der Waals surface area contributed by atoms with E-state index in [9.17, 15) is 14.4 Å². The van der Waals surface area contributed by atoms with Crippen LogP contribution in [0.25, 0.3) is 0 Å². The number of anilines is 1. The van der Waals surface area contributed by atoms with Gasteiger partial charge in [-0.1, -0.05) is 38.2 Å². The highest BCUT2D eigenvalue weighted by Crippen LogP contribution is 2.54. The molecule has 9 heteroatoms. The van der Waals surface area contributed by atoms with Crippen molar-refractivity contribution >= 4 is 23.6 Å². The molecule has 0 radical (unpaired) electrons. The Morgan fingerprint density at radius 2 is 1.97 bits per heavy atom. The van der Waals surface area contributed by atoms with Crippen LogP contribution in [-0.2, 0) is 25.7 Å². The van der Waals surface area contributed by atoms with Gasteiger partial charge in [0, 0.05) is 18.8 Å². The molecule has 2 amide bonds. The van der Waals surface area contributed by atoms with Gasteiger partial charge in [-0.25, -0.2) is 4.98 Å². The number of carbonyl (C=O) groups is 3. The van der Waals surface area contributed by atoms with E-state index in [4.69, 9.17) is 10.5 Å². The lowest BCUT2D eigenvalue weighted by molar-refractivity contribution is -0.147. The summed E-state index contributed by atoms with van der Waals surface area (Å²) >= 11 is 0. The van der Waals surface area contributed by atoms with Gasteiger partial charge in [0.15, 0.2) is 0 Å². The number of piperidine rings is 1. The molecular weight excluding hydrogens is 458 g/mol. The average Bonchev–Trinajstić information content (AvgIpc) is 3.62. The molecule has 3 aliphatic rings. The van der Waals surface area contributed by atoms with E-state index in [2.05, 4.69) is 15.6 Å². The zero-order valence-corrected chi connectivity index (χ0v) is 21.7. The van der Waals surface area contributed by atoms with Gasteiger partial charge in [-0.3, -0.25) is 19.7 Å². The lowest BCUT2D eigenvalue weighted by Crippen LogP contribution is -2.59. The van der Waals surface area contributed by atoms with Gasteiger partial charge in [0.2, 0.25) is 11.8 Å². The van der Waals surface area contributed by atoms with E-state index < -0.39 is 11.6 Å². The van der Waals surface area contributed by atoms with Gasteiger partial charge in [0.05, 0.1) is 19.2 Å². The molecule has 3 atom stereocenters. The molecule has 1 saturated heterocycles. The largest absolute Gasteiger partial charge is 0.465 e. The van der Waals surface area contributed by atoms with Gasteiger partial charge in [-0.15, -0.1) is 0 Å². The Morgan fingerprint density at radius 1 is 1.19 bits per heavy atom. The molecule has 4 rings (SSSR count). The van der Waals surface area contributed by atoms with Crippen LogP contribution in [0.5, 0.6) is 0 Å². The van der Waals surface area contributed by atoms with Crippen LogP contribution in [0.3, 0.4) is 0 Å². The van der Waals surface area contributed by atoms with Crippen LogP contribution in [0, 0.1) is 18.8 Å². The third-order valence-electron chi connectivity index (χ3n) is 8.19. The third kappa shape index (κ3) is 5.82. The first-order valence-corrected chi connectivity index (χ1v) is 13.6. The number of amides is 2. The van der Waals surface area contributed by atoms with Crippen molar-refractivity contribution in [3.05, 3.63) is 23.4 Å². The van der Waals surface area contributed by atoms with Crippen molar-refractivity contribution in [2.75, 3.05) is 25.4 Å². The minimum absolute atomic E-state index is 0.00313.